The fourth-order valence-electron chi connectivity index (χ4n) is 2.75. The molecule has 1 aromatic carbocycles. The predicted octanol–water partition coefficient (Wildman–Crippen LogP) is 1.08. The van der Waals surface area contributed by atoms with Crippen molar-refractivity contribution in [2.24, 2.45) is 0 Å². The predicted molar refractivity (Wildman–Crippen MR) is 104 cm³/mol. The highest BCUT2D eigenvalue weighted by molar-refractivity contribution is 7.80. The van der Waals surface area contributed by atoms with Crippen LogP contribution in [0.5, 0.6) is 11.5 Å². The summed E-state index contributed by atoms with van der Waals surface area (Å²) in [4.78, 5) is 1.61. The summed E-state index contributed by atoms with van der Waals surface area (Å²) in [6.45, 7) is 11.1. The fraction of sp³-hybridized carbons (Fsp3) is 0.611. The highest BCUT2D eigenvalue weighted by atomic mass is 32.1. The highest BCUT2D eigenvalue weighted by Gasteiger charge is 2.12. The molecule has 140 valence electrons. The molecule has 25 heavy (non-hydrogen) atoms. The number of hydrogen-bond acceptors (Lipinski definition) is 4. The Labute approximate surface area is 155 Å². The Morgan fingerprint density at radius 3 is 2.60 bits per heavy atom. The lowest BCUT2D eigenvalue weighted by molar-refractivity contribution is -0.908. The molecule has 1 saturated heterocycles. The number of anilines is 1. The lowest BCUT2D eigenvalue weighted by Crippen LogP contribution is -3.14. The topological polar surface area (TPSA) is 56.2 Å². The number of thiocarbonyl (C=S) groups is 1. The maximum atomic E-state index is 5.64. The zero-order valence-electron chi connectivity index (χ0n) is 15.2. The highest BCUT2D eigenvalue weighted by Crippen LogP contribution is 2.30. The van der Waals surface area contributed by atoms with Crippen molar-refractivity contribution < 1.29 is 19.1 Å². The summed E-state index contributed by atoms with van der Waals surface area (Å²) in [7, 11) is 0. The number of nitrogens with one attached hydrogen (secondary N) is 3. The van der Waals surface area contributed by atoms with E-state index in [1.165, 1.54) is 0 Å². The SMILES string of the molecule is CCOc1ccc(NC(=S)NCCC[NH+]2CCOCC2)cc1OCC. The Balaban J connectivity index is 1.74. The third kappa shape index (κ3) is 7.05. The van der Waals surface area contributed by atoms with Gasteiger partial charge in [0.1, 0.15) is 13.1 Å². The molecule has 0 aromatic heterocycles. The smallest absolute Gasteiger partial charge is 0.170 e. The average molecular weight is 369 g/mol. The lowest BCUT2D eigenvalue weighted by atomic mass is 10.2. The Morgan fingerprint density at radius 1 is 1.16 bits per heavy atom. The Morgan fingerprint density at radius 2 is 1.88 bits per heavy atom. The summed E-state index contributed by atoms with van der Waals surface area (Å²) in [6, 6.07) is 5.76. The maximum Gasteiger partial charge on any atom is 0.170 e. The van der Waals surface area contributed by atoms with Crippen LogP contribution in [0.1, 0.15) is 20.3 Å². The van der Waals surface area contributed by atoms with Gasteiger partial charge in [-0.25, -0.2) is 0 Å². The van der Waals surface area contributed by atoms with Crippen LogP contribution >= 0.6 is 12.2 Å². The van der Waals surface area contributed by atoms with Gasteiger partial charge in [-0.1, -0.05) is 0 Å². The molecule has 1 fully saturated rings. The molecule has 0 unspecified atom stereocenters. The van der Waals surface area contributed by atoms with Crippen molar-refractivity contribution in [3.63, 3.8) is 0 Å². The molecule has 0 atom stereocenters. The molecule has 1 aliphatic rings. The van der Waals surface area contributed by atoms with Gasteiger partial charge >= 0.3 is 0 Å². The molecule has 0 saturated carbocycles. The van der Waals surface area contributed by atoms with Crippen molar-refractivity contribution in [1.82, 2.24) is 5.32 Å². The van der Waals surface area contributed by atoms with E-state index in [1.54, 1.807) is 4.90 Å². The van der Waals surface area contributed by atoms with E-state index in [1.807, 2.05) is 32.0 Å². The first kappa shape index (κ1) is 19.8. The van der Waals surface area contributed by atoms with Crippen molar-refractivity contribution in [2.45, 2.75) is 20.3 Å². The summed E-state index contributed by atoms with van der Waals surface area (Å²) in [5.41, 5.74) is 0.892. The molecule has 0 amide bonds. The van der Waals surface area contributed by atoms with E-state index in [-0.39, 0.29) is 0 Å². The van der Waals surface area contributed by atoms with Crippen molar-refractivity contribution in [3.8, 4) is 11.5 Å². The molecule has 0 spiro atoms. The lowest BCUT2D eigenvalue weighted by Gasteiger charge is -2.23. The Bertz CT molecular complexity index is 536. The first-order valence-corrected chi connectivity index (χ1v) is 9.49. The van der Waals surface area contributed by atoms with E-state index in [4.69, 9.17) is 26.4 Å². The molecule has 6 nitrogen and oxygen atoms in total. The van der Waals surface area contributed by atoms with Gasteiger partial charge in [0.25, 0.3) is 0 Å². The molecule has 0 bridgehead atoms. The van der Waals surface area contributed by atoms with Crippen LogP contribution < -0.4 is 25.0 Å². The van der Waals surface area contributed by atoms with Crippen LogP contribution in [0.15, 0.2) is 18.2 Å². The quantitative estimate of drug-likeness (QED) is 0.448. The molecular weight excluding hydrogens is 338 g/mol. The summed E-state index contributed by atoms with van der Waals surface area (Å²) in [5.74, 6) is 1.48. The number of benzene rings is 1. The third-order valence-corrected chi connectivity index (χ3v) is 4.24. The van der Waals surface area contributed by atoms with Crippen molar-refractivity contribution >= 4 is 23.0 Å². The summed E-state index contributed by atoms with van der Waals surface area (Å²) >= 11 is 5.38. The first-order chi connectivity index (χ1) is 12.2. The standard InChI is InChI=1S/C18H29N3O3S/c1-3-23-16-7-6-15(14-17(16)24-4-2)20-18(25)19-8-5-9-21-10-12-22-13-11-21/h6-7,14H,3-5,8-13H2,1-2H3,(H2,19,20,25)/p+1. The second-order valence-corrected chi connectivity index (χ2v) is 6.28. The first-order valence-electron chi connectivity index (χ1n) is 9.08. The monoisotopic (exact) mass is 368 g/mol. The normalized spacial score (nSPS) is 14.8. The summed E-state index contributed by atoms with van der Waals surface area (Å²) in [5, 5.41) is 7.10. The minimum absolute atomic E-state index is 0.593. The molecule has 0 radical (unpaired) electrons. The largest absolute Gasteiger partial charge is 0.490 e. The van der Waals surface area contributed by atoms with Crippen molar-refractivity contribution in [1.29, 1.82) is 0 Å². The van der Waals surface area contributed by atoms with E-state index < -0.39 is 0 Å². The zero-order valence-corrected chi connectivity index (χ0v) is 16.0. The minimum atomic E-state index is 0.593. The summed E-state index contributed by atoms with van der Waals surface area (Å²) in [6.07, 6.45) is 1.09. The molecule has 7 heteroatoms. The van der Waals surface area contributed by atoms with Gasteiger partial charge in [0, 0.05) is 24.7 Å². The van der Waals surface area contributed by atoms with Gasteiger partial charge in [0.2, 0.25) is 0 Å². The van der Waals surface area contributed by atoms with Crippen LogP contribution in [0.2, 0.25) is 0 Å². The van der Waals surface area contributed by atoms with E-state index in [2.05, 4.69) is 10.6 Å². The van der Waals surface area contributed by atoms with Crippen LogP contribution in [0, 0.1) is 0 Å². The van der Waals surface area contributed by atoms with Crippen molar-refractivity contribution in [3.05, 3.63) is 18.2 Å². The van der Waals surface area contributed by atoms with E-state index in [9.17, 15) is 0 Å². The number of morpholine rings is 1. The van der Waals surface area contributed by atoms with Crippen LogP contribution in [-0.4, -0.2) is 57.7 Å². The second-order valence-electron chi connectivity index (χ2n) is 5.87. The van der Waals surface area contributed by atoms with Gasteiger partial charge in [-0.15, -0.1) is 0 Å². The number of ether oxygens (including phenoxy) is 3. The van der Waals surface area contributed by atoms with Crippen molar-refractivity contribution in [2.75, 3.05) is 57.9 Å². The molecular formula is C18H30N3O3S+. The Kier molecular flexibility index (Phi) is 8.79. The number of hydrogen-bond donors (Lipinski definition) is 3. The van der Waals surface area contributed by atoms with Crippen LogP contribution in [-0.2, 0) is 4.74 Å². The van der Waals surface area contributed by atoms with E-state index >= 15 is 0 Å². The molecule has 0 aliphatic carbocycles. The number of rotatable bonds is 9. The van der Waals surface area contributed by atoms with Gasteiger partial charge < -0.3 is 29.7 Å². The third-order valence-electron chi connectivity index (χ3n) is 3.99. The van der Waals surface area contributed by atoms with Gasteiger partial charge in [-0.3, -0.25) is 0 Å². The van der Waals surface area contributed by atoms with Gasteiger partial charge in [0.15, 0.2) is 16.6 Å². The van der Waals surface area contributed by atoms with Gasteiger partial charge in [0.05, 0.1) is 33.0 Å². The Hall–Kier alpha value is -1.57. The fourth-order valence-corrected chi connectivity index (χ4v) is 2.97. The number of quaternary nitrogens is 1. The van der Waals surface area contributed by atoms with Crippen LogP contribution in [0.3, 0.4) is 0 Å². The zero-order chi connectivity index (χ0) is 17.9. The van der Waals surface area contributed by atoms with E-state index in [0.29, 0.717) is 18.3 Å². The molecule has 1 aromatic rings. The minimum Gasteiger partial charge on any atom is -0.490 e. The maximum absolute atomic E-state index is 5.64. The van der Waals surface area contributed by atoms with Gasteiger partial charge in [-0.05, 0) is 38.2 Å². The molecule has 2 rings (SSSR count). The molecule has 3 N–H and O–H groups in total. The van der Waals surface area contributed by atoms with Crippen LogP contribution in [0.25, 0.3) is 0 Å². The summed E-state index contributed by atoms with van der Waals surface area (Å²) < 4.78 is 16.6. The van der Waals surface area contributed by atoms with E-state index in [0.717, 1.165) is 63.0 Å². The molecule has 1 aliphatic heterocycles. The second kappa shape index (κ2) is 11.1. The average Bonchev–Trinajstić information content (AvgIpc) is 2.62. The molecule has 1 heterocycles. The van der Waals surface area contributed by atoms with Gasteiger partial charge in [-0.2, -0.15) is 0 Å². The van der Waals surface area contributed by atoms with Crippen LogP contribution in [0.4, 0.5) is 5.69 Å².